The van der Waals surface area contributed by atoms with Crippen LogP contribution in [0.3, 0.4) is 0 Å². The lowest BCUT2D eigenvalue weighted by Gasteiger charge is -2.26. The van der Waals surface area contributed by atoms with E-state index in [0.29, 0.717) is 24.5 Å². The molecule has 0 bridgehead atoms. The van der Waals surface area contributed by atoms with E-state index >= 15 is 0 Å². The highest BCUT2D eigenvalue weighted by atomic mass is 32.2. The monoisotopic (exact) mass is 308 g/mol. The summed E-state index contributed by atoms with van der Waals surface area (Å²) < 4.78 is 27.5. The first-order chi connectivity index (χ1) is 9.86. The van der Waals surface area contributed by atoms with E-state index in [4.69, 9.17) is 0 Å². The van der Waals surface area contributed by atoms with Crippen LogP contribution in [0.5, 0.6) is 0 Å². The molecule has 0 saturated carbocycles. The van der Waals surface area contributed by atoms with Crippen LogP contribution in [0.4, 0.5) is 0 Å². The quantitative estimate of drug-likeness (QED) is 0.869. The standard InChI is InChI=1S/C16H24N2O2S/c1-12-6-5-7-18(11-12)21(19,20)16-9-15(10-17-4)8-13(2)14(16)3/h6,8-9,17H,5,7,10-11H2,1-4H3. The fraction of sp³-hybridized carbons (Fsp3) is 0.500. The van der Waals surface area contributed by atoms with Crippen molar-refractivity contribution in [3.05, 3.63) is 40.5 Å². The van der Waals surface area contributed by atoms with E-state index in [-0.39, 0.29) is 0 Å². The SMILES string of the molecule is CNCc1cc(C)c(C)c(S(=O)(=O)N2CCC=C(C)C2)c1. The van der Waals surface area contributed by atoms with Crippen LogP contribution in [0.25, 0.3) is 0 Å². The minimum atomic E-state index is -3.42. The van der Waals surface area contributed by atoms with E-state index in [2.05, 4.69) is 11.4 Å². The van der Waals surface area contributed by atoms with Crippen molar-refractivity contribution < 1.29 is 8.42 Å². The summed E-state index contributed by atoms with van der Waals surface area (Å²) in [4.78, 5) is 0.447. The van der Waals surface area contributed by atoms with Crippen LogP contribution in [0.15, 0.2) is 28.7 Å². The van der Waals surface area contributed by atoms with Crippen LogP contribution in [-0.4, -0.2) is 32.9 Å². The number of rotatable bonds is 4. The zero-order valence-electron chi connectivity index (χ0n) is 13.2. The number of benzene rings is 1. The minimum absolute atomic E-state index is 0.447. The van der Waals surface area contributed by atoms with E-state index in [9.17, 15) is 8.42 Å². The zero-order valence-corrected chi connectivity index (χ0v) is 14.0. The third kappa shape index (κ3) is 3.36. The molecular weight excluding hydrogens is 284 g/mol. The molecule has 0 unspecified atom stereocenters. The lowest BCUT2D eigenvalue weighted by atomic mass is 10.1. The molecule has 4 nitrogen and oxygen atoms in total. The molecule has 0 atom stereocenters. The van der Waals surface area contributed by atoms with E-state index in [1.807, 2.05) is 40.0 Å². The van der Waals surface area contributed by atoms with Crippen molar-refractivity contribution in [2.24, 2.45) is 0 Å². The van der Waals surface area contributed by atoms with E-state index in [1.165, 1.54) is 0 Å². The first kappa shape index (κ1) is 16.2. The van der Waals surface area contributed by atoms with Crippen LogP contribution in [0, 0.1) is 13.8 Å². The molecule has 0 spiro atoms. The van der Waals surface area contributed by atoms with Gasteiger partial charge in [-0.05, 0) is 57.0 Å². The van der Waals surface area contributed by atoms with Gasteiger partial charge in [-0.2, -0.15) is 4.31 Å². The highest BCUT2D eigenvalue weighted by Crippen LogP contribution is 2.26. The van der Waals surface area contributed by atoms with Crippen molar-refractivity contribution in [2.45, 2.75) is 38.6 Å². The summed E-state index contributed by atoms with van der Waals surface area (Å²) in [6, 6.07) is 3.86. The van der Waals surface area contributed by atoms with Crippen molar-refractivity contribution in [2.75, 3.05) is 20.1 Å². The average Bonchev–Trinajstić information content (AvgIpc) is 2.42. The molecule has 0 fully saturated rings. The Morgan fingerprint density at radius 1 is 1.24 bits per heavy atom. The van der Waals surface area contributed by atoms with Crippen LogP contribution < -0.4 is 5.32 Å². The van der Waals surface area contributed by atoms with Gasteiger partial charge in [0.05, 0.1) is 4.90 Å². The van der Waals surface area contributed by atoms with Gasteiger partial charge in [0, 0.05) is 19.6 Å². The van der Waals surface area contributed by atoms with Crippen molar-refractivity contribution in [3.8, 4) is 0 Å². The van der Waals surface area contributed by atoms with Gasteiger partial charge in [-0.1, -0.05) is 17.7 Å². The van der Waals surface area contributed by atoms with Gasteiger partial charge in [-0.15, -0.1) is 0 Å². The Hall–Kier alpha value is -1.17. The fourth-order valence-electron chi connectivity index (χ4n) is 2.69. The highest BCUT2D eigenvalue weighted by molar-refractivity contribution is 7.89. The molecule has 2 rings (SSSR count). The second kappa shape index (κ2) is 6.30. The Morgan fingerprint density at radius 3 is 2.57 bits per heavy atom. The fourth-order valence-corrected chi connectivity index (χ4v) is 4.54. The molecule has 1 aliphatic heterocycles. The molecule has 1 heterocycles. The molecule has 0 aliphatic carbocycles. The number of nitrogens with one attached hydrogen (secondary N) is 1. The summed E-state index contributed by atoms with van der Waals surface area (Å²) in [5, 5.41) is 3.08. The molecule has 21 heavy (non-hydrogen) atoms. The van der Waals surface area contributed by atoms with Crippen LogP contribution in [-0.2, 0) is 16.6 Å². The lowest BCUT2D eigenvalue weighted by molar-refractivity contribution is 0.427. The van der Waals surface area contributed by atoms with Gasteiger partial charge < -0.3 is 5.32 Å². The first-order valence-electron chi connectivity index (χ1n) is 7.26. The van der Waals surface area contributed by atoms with E-state index in [0.717, 1.165) is 28.7 Å². The Balaban J connectivity index is 2.46. The second-order valence-electron chi connectivity index (χ2n) is 5.74. The summed E-state index contributed by atoms with van der Waals surface area (Å²) in [6.45, 7) is 7.57. The molecule has 1 aliphatic rings. The molecule has 0 saturated heterocycles. The summed E-state index contributed by atoms with van der Waals surface area (Å²) in [5.41, 5.74) is 3.99. The van der Waals surface area contributed by atoms with Gasteiger partial charge >= 0.3 is 0 Å². The summed E-state index contributed by atoms with van der Waals surface area (Å²) in [6.07, 6.45) is 2.90. The molecule has 0 aromatic heterocycles. The number of hydrogen-bond acceptors (Lipinski definition) is 3. The van der Waals surface area contributed by atoms with Crippen LogP contribution >= 0.6 is 0 Å². The average molecular weight is 308 g/mol. The Kier molecular flexibility index (Phi) is 4.86. The van der Waals surface area contributed by atoms with Gasteiger partial charge in [0.25, 0.3) is 0 Å². The van der Waals surface area contributed by atoms with E-state index < -0.39 is 10.0 Å². The van der Waals surface area contributed by atoms with Gasteiger partial charge in [0.15, 0.2) is 0 Å². The molecular formula is C16H24N2O2S. The maximum absolute atomic E-state index is 12.9. The number of hydrogen-bond donors (Lipinski definition) is 1. The van der Waals surface area contributed by atoms with Gasteiger partial charge in [-0.25, -0.2) is 8.42 Å². The Bertz CT molecular complexity index is 663. The van der Waals surface area contributed by atoms with Gasteiger partial charge in [0.2, 0.25) is 10.0 Å². The number of nitrogens with zero attached hydrogens (tertiary/aromatic N) is 1. The van der Waals surface area contributed by atoms with Crippen molar-refractivity contribution >= 4 is 10.0 Å². The Labute approximate surface area is 127 Å². The van der Waals surface area contributed by atoms with Crippen LogP contribution in [0.2, 0.25) is 0 Å². The normalized spacial score (nSPS) is 16.9. The largest absolute Gasteiger partial charge is 0.316 e. The second-order valence-corrected chi connectivity index (χ2v) is 7.65. The lowest BCUT2D eigenvalue weighted by Crippen LogP contribution is -2.36. The summed E-state index contributed by atoms with van der Waals surface area (Å²) in [7, 11) is -1.56. The molecule has 1 aromatic rings. The first-order valence-corrected chi connectivity index (χ1v) is 8.70. The zero-order chi connectivity index (χ0) is 15.6. The molecule has 116 valence electrons. The van der Waals surface area contributed by atoms with Crippen LogP contribution in [0.1, 0.15) is 30.0 Å². The maximum atomic E-state index is 12.9. The van der Waals surface area contributed by atoms with Gasteiger partial charge in [0.1, 0.15) is 0 Å². The van der Waals surface area contributed by atoms with Crippen molar-refractivity contribution in [1.29, 1.82) is 0 Å². The number of sulfonamides is 1. The predicted molar refractivity (Wildman–Crippen MR) is 85.8 cm³/mol. The molecule has 0 amide bonds. The number of aryl methyl sites for hydroxylation is 1. The molecule has 0 radical (unpaired) electrons. The minimum Gasteiger partial charge on any atom is -0.316 e. The highest BCUT2D eigenvalue weighted by Gasteiger charge is 2.28. The van der Waals surface area contributed by atoms with Gasteiger partial charge in [-0.3, -0.25) is 0 Å². The smallest absolute Gasteiger partial charge is 0.243 e. The molecule has 5 heteroatoms. The maximum Gasteiger partial charge on any atom is 0.243 e. The topological polar surface area (TPSA) is 49.4 Å². The molecule has 1 aromatic carbocycles. The third-order valence-corrected chi connectivity index (χ3v) is 5.95. The molecule has 1 N–H and O–H groups in total. The Morgan fingerprint density at radius 2 is 1.95 bits per heavy atom. The third-order valence-electron chi connectivity index (χ3n) is 3.98. The van der Waals surface area contributed by atoms with Crippen molar-refractivity contribution in [3.63, 3.8) is 0 Å². The van der Waals surface area contributed by atoms with E-state index in [1.54, 1.807) is 4.31 Å². The summed E-state index contributed by atoms with van der Waals surface area (Å²) in [5.74, 6) is 0. The summed E-state index contributed by atoms with van der Waals surface area (Å²) >= 11 is 0. The van der Waals surface area contributed by atoms with Crippen molar-refractivity contribution in [1.82, 2.24) is 9.62 Å². The predicted octanol–water partition coefficient (Wildman–Crippen LogP) is 2.36.